The van der Waals surface area contributed by atoms with Crippen molar-refractivity contribution in [3.8, 4) is 0 Å². The number of aliphatic hydroxyl groups is 1. The molecule has 0 aromatic heterocycles. The van der Waals surface area contributed by atoms with E-state index in [4.69, 9.17) is 15.9 Å². The molecule has 12 heteroatoms. The number of hydrogen-bond donors (Lipinski definition) is 7. The summed E-state index contributed by atoms with van der Waals surface area (Å²) in [5, 5.41) is 34.2. The van der Waals surface area contributed by atoms with Crippen LogP contribution in [-0.4, -0.2) is 75.8 Å². The summed E-state index contributed by atoms with van der Waals surface area (Å²) in [6.45, 7) is 2.50. The molecule has 12 nitrogen and oxygen atoms in total. The third kappa shape index (κ3) is 9.16. The largest absolute Gasteiger partial charge is 0.481 e. The number of amides is 3. The molecule has 0 saturated heterocycles. The maximum Gasteiger partial charge on any atom is 0.328 e. The number of aliphatic carboxylic acids is 2. The van der Waals surface area contributed by atoms with Crippen LogP contribution in [0.5, 0.6) is 0 Å². The van der Waals surface area contributed by atoms with Gasteiger partial charge in [0.25, 0.3) is 0 Å². The molecule has 1 rings (SSSR count). The molecule has 5 unspecified atom stereocenters. The molecule has 0 bridgehead atoms. The van der Waals surface area contributed by atoms with Crippen LogP contribution in [0.25, 0.3) is 0 Å². The number of aliphatic hydroxyl groups excluding tert-OH is 1. The molecule has 0 spiro atoms. The van der Waals surface area contributed by atoms with Crippen molar-refractivity contribution in [2.75, 3.05) is 6.61 Å². The Kier molecular flexibility index (Phi) is 11.7. The summed E-state index contributed by atoms with van der Waals surface area (Å²) in [6, 6.07) is 3.46. The molecule has 5 atom stereocenters. The maximum atomic E-state index is 12.8. The van der Waals surface area contributed by atoms with Crippen LogP contribution in [0.3, 0.4) is 0 Å². The highest BCUT2D eigenvalue weighted by atomic mass is 16.4. The van der Waals surface area contributed by atoms with Gasteiger partial charge in [-0.25, -0.2) is 4.79 Å². The van der Waals surface area contributed by atoms with Crippen LogP contribution in [0.2, 0.25) is 0 Å². The average Bonchev–Trinajstić information content (AvgIpc) is 2.79. The second-order valence-corrected chi connectivity index (χ2v) is 7.91. The number of nitrogens with two attached hydrogens (primary N) is 1. The first-order valence-electron chi connectivity index (χ1n) is 10.8. The quantitative estimate of drug-likeness (QED) is 0.167. The van der Waals surface area contributed by atoms with Crippen molar-refractivity contribution in [2.24, 2.45) is 11.7 Å². The van der Waals surface area contributed by atoms with Crippen LogP contribution in [0.1, 0.15) is 32.3 Å². The SMILES string of the molecule is CCC(C)C(NC(=O)C(CC(=O)O)NC(=O)C(N)Cc1ccccc1)C(=O)NC(CO)C(=O)O. The number of carbonyl (C=O) groups is 5. The highest BCUT2D eigenvalue weighted by Crippen LogP contribution is 2.10. The first kappa shape index (κ1) is 28.5. The number of carboxylic acid groups (broad SMARTS) is 2. The van der Waals surface area contributed by atoms with E-state index in [2.05, 4.69) is 16.0 Å². The molecule has 0 aliphatic carbocycles. The number of rotatable bonds is 14. The lowest BCUT2D eigenvalue weighted by atomic mass is 9.97. The monoisotopic (exact) mass is 480 g/mol. The first-order chi connectivity index (χ1) is 16.0. The Morgan fingerprint density at radius 1 is 0.912 bits per heavy atom. The molecule has 0 aliphatic heterocycles. The summed E-state index contributed by atoms with van der Waals surface area (Å²) in [7, 11) is 0. The minimum atomic E-state index is -1.58. The fourth-order valence-corrected chi connectivity index (χ4v) is 3.03. The molecule has 0 fully saturated rings. The third-order valence-electron chi connectivity index (χ3n) is 5.24. The molecule has 0 heterocycles. The van der Waals surface area contributed by atoms with Crippen molar-refractivity contribution in [3.63, 3.8) is 0 Å². The predicted octanol–water partition coefficient (Wildman–Crippen LogP) is -1.39. The van der Waals surface area contributed by atoms with Gasteiger partial charge in [-0.1, -0.05) is 50.6 Å². The Balaban J connectivity index is 2.96. The van der Waals surface area contributed by atoms with Gasteiger partial charge in [0.1, 0.15) is 18.1 Å². The van der Waals surface area contributed by atoms with E-state index in [-0.39, 0.29) is 6.42 Å². The Labute approximate surface area is 196 Å². The van der Waals surface area contributed by atoms with E-state index < -0.39 is 72.8 Å². The van der Waals surface area contributed by atoms with Crippen LogP contribution in [0.15, 0.2) is 30.3 Å². The highest BCUT2D eigenvalue weighted by Gasteiger charge is 2.33. The van der Waals surface area contributed by atoms with Gasteiger partial charge in [-0.2, -0.15) is 0 Å². The molecule has 0 aliphatic rings. The van der Waals surface area contributed by atoms with Gasteiger partial charge in [0.2, 0.25) is 17.7 Å². The number of benzene rings is 1. The molecular formula is C22H32N4O8. The summed E-state index contributed by atoms with van der Waals surface area (Å²) in [5.41, 5.74) is 6.68. The van der Waals surface area contributed by atoms with E-state index in [1.165, 1.54) is 0 Å². The van der Waals surface area contributed by atoms with Crippen molar-refractivity contribution in [3.05, 3.63) is 35.9 Å². The fraction of sp³-hybridized carbons (Fsp3) is 0.500. The average molecular weight is 481 g/mol. The van der Waals surface area contributed by atoms with E-state index in [1.807, 2.05) is 0 Å². The zero-order valence-electron chi connectivity index (χ0n) is 19.1. The predicted molar refractivity (Wildman–Crippen MR) is 120 cm³/mol. The zero-order chi connectivity index (χ0) is 25.8. The van der Waals surface area contributed by atoms with Crippen LogP contribution in [-0.2, 0) is 30.4 Å². The summed E-state index contributed by atoms with van der Waals surface area (Å²) < 4.78 is 0. The molecule has 3 amide bonds. The minimum Gasteiger partial charge on any atom is -0.481 e. The van der Waals surface area contributed by atoms with Crippen molar-refractivity contribution in [1.29, 1.82) is 0 Å². The van der Waals surface area contributed by atoms with E-state index >= 15 is 0 Å². The molecule has 1 aromatic carbocycles. The number of carboxylic acids is 2. The van der Waals surface area contributed by atoms with Crippen LogP contribution in [0, 0.1) is 5.92 Å². The van der Waals surface area contributed by atoms with E-state index in [0.29, 0.717) is 6.42 Å². The van der Waals surface area contributed by atoms with Gasteiger partial charge in [-0.05, 0) is 17.9 Å². The third-order valence-corrected chi connectivity index (χ3v) is 5.24. The standard InChI is InChI=1S/C22H32N4O8/c1-3-12(2)18(21(32)25-16(11-27)22(33)34)26-20(31)15(10-17(28)29)24-19(30)14(23)9-13-7-5-4-6-8-13/h4-8,12,14-16,18,27H,3,9-11,23H2,1-2H3,(H,24,30)(H,25,32)(H,26,31)(H,28,29)(H,33,34). The first-order valence-corrected chi connectivity index (χ1v) is 10.8. The van der Waals surface area contributed by atoms with Gasteiger partial charge in [0.15, 0.2) is 0 Å². The number of hydrogen-bond acceptors (Lipinski definition) is 7. The molecule has 1 aromatic rings. The van der Waals surface area contributed by atoms with Crippen LogP contribution >= 0.6 is 0 Å². The normalized spacial score (nSPS) is 15.2. The molecule has 0 saturated carbocycles. The van der Waals surface area contributed by atoms with Crippen LogP contribution in [0.4, 0.5) is 0 Å². The fourth-order valence-electron chi connectivity index (χ4n) is 3.03. The van der Waals surface area contributed by atoms with Crippen molar-refractivity contribution in [2.45, 2.75) is 57.3 Å². The Bertz CT molecular complexity index is 864. The molecular weight excluding hydrogens is 448 g/mol. The zero-order valence-corrected chi connectivity index (χ0v) is 19.1. The smallest absolute Gasteiger partial charge is 0.328 e. The number of carbonyl (C=O) groups excluding carboxylic acids is 3. The van der Waals surface area contributed by atoms with E-state index in [1.54, 1.807) is 44.2 Å². The Morgan fingerprint density at radius 2 is 1.50 bits per heavy atom. The molecule has 34 heavy (non-hydrogen) atoms. The lowest BCUT2D eigenvalue weighted by Crippen LogP contribution is -2.59. The van der Waals surface area contributed by atoms with E-state index in [9.17, 15) is 29.1 Å². The van der Waals surface area contributed by atoms with Gasteiger partial charge >= 0.3 is 11.9 Å². The Hall–Kier alpha value is -3.51. The summed E-state index contributed by atoms with van der Waals surface area (Å²) >= 11 is 0. The van der Waals surface area contributed by atoms with Gasteiger partial charge in [0, 0.05) is 0 Å². The van der Waals surface area contributed by atoms with Crippen molar-refractivity contribution >= 4 is 29.7 Å². The maximum absolute atomic E-state index is 12.8. The lowest BCUT2D eigenvalue weighted by molar-refractivity contribution is -0.144. The topological polar surface area (TPSA) is 208 Å². The molecule has 0 radical (unpaired) electrons. The van der Waals surface area contributed by atoms with E-state index in [0.717, 1.165) is 5.56 Å². The van der Waals surface area contributed by atoms with Crippen molar-refractivity contribution < 1.29 is 39.3 Å². The molecule has 8 N–H and O–H groups in total. The minimum absolute atomic E-state index is 0.156. The lowest BCUT2D eigenvalue weighted by Gasteiger charge is -2.27. The second-order valence-electron chi connectivity index (χ2n) is 7.91. The summed E-state index contributed by atoms with van der Waals surface area (Å²) in [4.78, 5) is 60.4. The summed E-state index contributed by atoms with van der Waals surface area (Å²) in [6.07, 6.45) is -0.199. The Morgan fingerprint density at radius 3 is 2.00 bits per heavy atom. The van der Waals surface area contributed by atoms with Gasteiger partial charge in [0.05, 0.1) is 19.1 Å². The van der Waals surface area contributed by atoms with Gasteiger partial charge < -0.3 is 37.0 Å². The molecule has 188 valence electrons. The second kappa shape index (κ2) is 13.9. The van der Waals surface area contributed by atoms with Gasteiger partial charge in [-0.3, -0.25) is 19.2 Å². The van der Waals surface area contributed by atoms with Gasteiger partial charge in [-0.15, -0.1) is 0 Å². The number of nitrogens with one attached hydrogen (secondary N) is 3. The summed E-state index contributed by atoms with van der Waals surface area (Å²) in [5.74, 6) is -5.87. The van der Waals surface area contributed by atoms with Crippen LogP contribution < -0.4 is 21.7 Å². The highest BCUT2D eigenvalue weighted by molar-refractivity contribution is 5.95. The van der Waals surface area contributed by atoms with Crippen molar-refractivity contribution in [1.82, 2.24) is 16.0 Å².